The van der Waals surface area contributed by atoms with Crippen LogP contribution in [0.3, 0.4) is 0 Å². The van der Waals surface area contributed by atoms with Gasteiger partial charge in [0.15, 0.2) is 5.76 Å². The molecule has 0 saturated heterocycles. The molecule has 18 heavy (non-hydrogen) atoms. The zero-order valence-electron chi connectivity index (χ0n) is 10.3. The fourth-order valence-electron chi connectivity index (χ4n) is 1.66. The first-order chi connectivity index (χ1) is 8.52. The number of nitrogen functional groups attached to an aromatic ring is 1. The summed E-state index contributed by atoms with van der Waals surface area (Å²) in [5.41, 5.74) is 6.46. The Hall–Kier alpha value is -2.10. The van der Waals surface area contributed by atoms with Crippen LogP contribution < -0.4 is 5.73 Å². The molecule has 0 radical (unpaired) electrons. The molecule has 2 rings (SSSR count). The van der Waals surface area contributed by atoms with E-state index < -0.39 is 5.82 Å². The second-order valence-electron chi connectivity index (χ2n) is 4.12. The average molecular weight is 247 g/mol. The van der Waals surface area contributed by atoms with Crippen LogP contribution in [0.25, 0.3) is 0 Å². The normalized spacial score (nSPS) is 10.6. The first-order valence-electron chi connectivity index (χ1n) is 5.72. The predicted octanol–water partition coefficient (Wildman–Crippen LogP) is 3.10. The van der Waals surface area contributed by atoms with Crippen LogP contribution in [0.1, 0.15) is 34.4 Å². The number of nitrogens with two attached hydrogens (primary N) is 1. The van der Waals surface area contributed by atoms with Gasteiger partial charge in [-0.1, -0.05) is 6.92 Å². The lowest BCUT2D eigenvalue weighted by atomic mass is 10.0. The maximum absolute atomic E-state index is 13.5. The minimum absolute atomic E-state index is 0.201. The van der Waals surface area contributed by atoms with Crippen LogP contribution in [0.15, 0.2) is 28.7 Å². The van der Waals surface area contributed by atoms with Gasteiger partial charge in [-0.2, -0.15) is 0 Å². The predicted molar refractivity (Wildman–Crippen MR) is 67.1 cm³/mol. The van der Waals surface area contributed by atoms with Gasteiger partial charge in [0.05, 0.1) is 0 Å². The van der Waals surface area contributed by atoms with Gasteiger partial charge in [0.2, 0.25) is 5.78 Å². The molecule has 0 bridgehead atoms. The lowest BCUT2D eigenvalue weighted by molar-refractivity contribution is 0.101. The summed E-state index contributed by atoms with van der Waals surface area (Å²) in [6.45, 7) is 3.50. The van der Waals surface area contributed by atoms with E-state index in [2.05, 4.69) is 0 Å². The van der Waals surface area contributed by atoms with Crippen molar-refractivity contribution in [2.75, 3.05) is 5.73 Å². The number of hydrogen-bond acceptors (Lipinski definition) is 3. The highest BCUT2D eigenvalue weighted by Crippen LogP contribution is 2.21. The summed E-state index contributed by atoms with van der Waals surface area (Å²) in [5, 5.41) is 0. The van der Waals surface area contributed by atoms with Crippen LogP contribution in [-0.4, -0.2) is 5.78 Å². The van der Waals surface area contributed by atoms with E-state index in [1.807, 2.05) is 6.92 Å². The molecule has 0 aliphatic rings. The van der Waals surface area contributed by atoms with Crippen molar-refractivity contribution in [1.82, 2.24) is 0 Å². The second kappa shape index (κ2) is 4.64. The molecule has 2 aromatic rings. The SMILES string of the molecule is CCc1ccc(C(=O)c2cc(N)c(C)c(F)c2)o1. The topological polar surface area (TPSA) is 56.2 Å². The molecule has 0 spiro atoms. The van der Waals surface area contributed by atoms with Gasteiger partial charge in [0, 0.05) is 23.2 Å². The summed E-state index contributed by atoms with van der Waals surface area (Å²) in [4.78, 5) is 12.1. The van der Waals surface area contributed by atoms with E-state index in [0.717, 1.165) is 5.76 Å². The first-order valence-corrected chi connectivity index (χ1v) is 5.72. The molecule has 1 aromatic carbocycles. The van der Waals surface area contributed by atoms with E-state index >= 15 is 0 Å². The Bertz CT molecular complexity index is 579. The number of carbonyl (C=O) groups excluding carboxylic acids is 1. The van der Waals surface area contributed by atoms with Crippen molar-refractivity contribution >= 4 is 11.5 Å². The highest BCUT2D eigenvalue weighted by molar-refractivity contribution is 6.07. The number of rotatable bonds is 3. The van der Waals surface area contributed by atoms with Crippen molar-refractivity contribution in [3.8, 4) is 0 Å². The molecule has 2 N–H and O–H groups in total. The summed E-state index contributed by atoms with van der Waals surface area (Å²) >= 11 is 0. The van der Waals surface area contributed by atoms with E-state index in [9.17, 15) is 9.18 Å². The third kappa shape index (κ3) is 2.14. The molecule has 0 fully saturated rings. The summed E-state index contributed by atoms with van der Waals surface area (Å²) in [7, 11) is 0. The number of carbonyl (C=O) groups is 1. The third-order valence-electron chi connectivity index (χ3n) is 2.88. The van der Waals surface area contributed by atoms with Crippen LogP contribution in [0.5, 0.6) is 0 Å². The monoisotopic (exact) mass is 247 g/mol. The van der Waals surface area contributed by atoms with Crippen molar-refractivity contribution in [1.29, 1.82) is 0 Å². The largest absolute Gasteiger partial charge is 0.458 e. The lowest BCUT2D eigenvalue weighted by Crippen LogP contribution is -2.03. The van der Waals surface area contributed by atoms with Crippen molar-refractivity contribution in [2.24, 2.45) is 0 Å². The highest BCUT2D eigenvalue weighted by Gasteiger charge is 2.16. The van der Waals surface area contributed by atoms with Crippen molar-refractivity contribution < 1.29 is 13.6 Å². The Kier molecular flexibility index (Phi) is 3.19. The summed E-state index contributed by atoms with van der Waals surface area (Å²) in [5.74, 6) is 0.0781. The zero-order chi connectivity index (χ0) is 13.3. The summed E-state index contributed by atoms with van der Waals surface area (Å²) < 4.78 is 18.9. The van der Waals surface area contributed by atoms with Gasteiger partial charge >= 0.3 is 0 Å². The highest BCUT2D eigenvalue weighted by atomic mass is 19.1. The Morgan fingerprint density at radius 2 is 2.11 bits per heavy atom. The van der Waals surface area contributed by atoms with Crippen LogP contribution >= 0.6 is 0 Å². The Morgan fingerprint density at radius 1 is 1.39 bits per heavy atom. The minimum atomic E-state index is -0.486. The quantitative estimate of drug-likeness (QED) is 0.669. The molecule has 0 aliphatic carbocycles. The molecule has 3 nitrogen and oxygen atoms in total. The zero-order valence-corrected chi connectivity index (χ0v) is 10.3. The van der Waals surface area contributed by atoms with Crippen LogP contribution in [0.4, 0.5) is 10.1 Å². The van der Waals surface area contributed by atoms with Gasteiger partial charge in [-0.05, 0) is 31.2 Å². The third-order valence-corrected chi connectivity index (χ3v) is 2.88. The van der Waals surface area contributed by atoms with Crippen LogP contribution in [-0.2, 0) is 6.42 Å². The number of aryl methyl sites for hydroxylation is 1. The van der Waals surface area contributed by atoms with Crippen molar-refractivity contribution in [3.05, 3.63) is 52.7 Å². The molecule has 0 amide bonds. The fourth-order valence-corrected chi connectivity index (χ4v) is 1.66. The van der Waals surface area contributed by atoms with E-state index in [1.54, 1.807) is 19.1 Å². The van der Waals surface area contributed by atoms with Crippen molar-refractivity contribution in [3.63, 3.8) is 0 Å². The van der Waals surface area contributed by atoms with Gasteiger partial charge in [-0.25, -0.2) is 4.39 Å². The van der Waals surface area contributed by atoms with E-state index in [-0.39, 0.29) is 22.8 Å². The fraction of sp³-hybridized carbons (Fsp3) is 0.214. The van der Waals surface area contributed by atoms with E-state index in [4.69, 9.17) is 10.2 Å². The molecule has 0 saturated carbocycles. The molecular formula is C14H14FNO2. The van der Waals surface area contributed by atoms with Crippen LogP contribution in [0.2, 0.25) is 0 Å². The van der Waals surface area contributed by atoms with E-state index in [1.165, 1.54) is 12.1 Å². The number of furan rings is 1. The summed E-state index contributed by atoms with van der Waals surface area (Å²) in [6, 6.07) is 5.98. The van der Waals surface area contributed by atoms with Gasteiger partial charge in [0.1, 0.15) is 11.6 Å². The Balaban J connectivity index is 2.40. The number of ketones is 1. The molecular weight excluding hydrogens is 233 g/mol. The molecule has 1 aromatic heterocycles. The average Bonchev–Trinajstić information content (AvgIpc) is 2.83. The minimum Gasteiger partial charge on any atom is -0.458 e. The molecule has 0 unspecified atom stereocenters. The smallest absolute Gasteiger partial charge is 0.228 e. The molecule has 0 aliphatic heterocycles. The number of anilines is 1. The van der Waals surface area contributed by atoms with E-state index in [0.29, 0.717) is 12.0 Å². The summed E-state index contributed by atoms with van der Waals surface area (Å²) in [6.07, 6.45) is 0.706. The van der Waals surface area contributed by atoms with Gasteiger partial charge in [-0.3, -0.25) is 4.79 Å². The van der Waals surface area contributed by atoms with Crippen molar-refractivity contribution in [2.45, 2.75) is 20.3 Å². The lowest BCUT2D eigenvalue weighted by Gasteiger charge is -2.04. The number of halogens is 1. The standard InChI is InChI=1S/C14H14FNO2/c1-3-10-4-5-13(18-10)14(17)9-6-11(15)8(2)12(16)7-9/h4-7H,3,16H2,1-2H3. The number of benzene rings is 1. The molecule has 94 valence electrons. The van der Waals surface area contributed by atoms with Crippen LogP contribution in [0, 0.1) is 12.7 Å². The van der Waals surface area contributed by atoms with Gasteiger partial charge in [0.25, 0.3) is 0 Å². The number of hydrogen-bond donors (Lipinski definition) is 1. The molecule has 4 heteroatoms. The molecule has 0 atom stereocenters. The first kappa shape index (κ1) is 12.4. The van der Waals surface area contributed by atoms with Gasteiger partial charge in [-0.15, -0.1) is 0 Å². The Labute approximate surface area is 104 Å². The maximum Gasteiger partial charge on any atom is 0.228 e. The maximum atomic E-state index is 13.5. The Morgan fingerprint density at radius 3 is 2.67 bits per heavy atom. The van der Waals surface area contributed by atoms with Gasteiger partial charge < -0.3 is 10.2 Å². The molecule has 1 heterocycles. The second-order valence-corrected chi connectivity index (χ2v) is 4.12.